The molecule has 40 heavy (non-hydrogen) atoms. The van der Waals surface area contributed by atoms with E-state index in [0.717, 1.165) is 5.56 Å². The van der Waals surface area contributed by atoms with Crippen LogP contribution in [-0.4, -0.2) is 78.1 Å². The molecule has 1 saturated heterocycles. The SMILES string of the molecule is CC(c1ccnc(Nc2nc3cc(-c4cc(CO)ncn4)c(F)cc3[nH]2)c1)N1CCN(C(=O)CC(F)(F)F)CC1. The average molecular weight is 559 g/mol. The van der Waals surface area contributed by atoms with Crippen molar-refractivity contribution in [2.24, 2.45) is 0 Å². The number of imidazole rings is 1. The van der Waals surface area contributed by atoms with Crippen molar-refractivity contribution in [1.82, 2.24) is 34.7 Å². The largest absolute Gasteiger partial charge is 0.397 e. The molecule has 0 aliphatic carbocycles. The molecule has 210 valence electrons. The van der Waals surface area contributed by atoms with Gasteiger partial charge in [0.1, 0.15) is 24.4 Å². The number of aromatic nitrogens is 5. The quantitative estimate of drug-likeness (QED) is 0.292. The number of hydrogen-bond donors (Lipinski definition) is 3. The van der Waals surface area contributed by atoms with Crippen LogP contribution in [0.5, 0.6) is 0 Å². The molecule has 0 radical (unpaired) electrons. The van der Waals surface area contributed by atoms with Gasteiger partial charge in [-0.05, 0) is 36.8 Å². The number of aromatic amines is 1. The maximum atomic E-state index is 14.9. The molecule has 1 aliphatic rings. The Morgan fingerprint density at radius 1 is 1.12 bits per heavy atom. The number of aliphatic hydroxyl groups excluding tert-OH is 1. The van der Waals surface area contributed by atoms with E-state index in [0.29, 0.717) is 47.3 Å². The lowest BCUT2D eigenvalue weighted by Gasteiger charge is -2.38. The highest BCUT2D eigenvalue weighted by Crippen LogP contribution is 2.29. The van der Waals surface area contributed by atoms with E-state index in [2.05, 4.69) is 35.1 Å². The van der Waals surface area contributed by atoms with Crippen LogP contribution in [0.15, 0.2) is 42.9 Å². The molecule has 14 heteroatoms. The number of carbonyl (C=O) groups is 1. The molecule has 5 rings (SSSR count). The van der Waals surface area contributed by atoms with Gasteiger partial charge in [0.15, 0.2) is 0 Å². The van der Waals surface area contributed by atoms with Crippen LogP contribution >= 0.6 is 0 Å². The van der Waals surface area contributed by atoms with E-state index in [1.54, 1.807) is 12.3 Å². The zero-order chi connectivity index (χ0) is 28.4. The molecule has 1 fully saturated rings. The van der Waals surface area contributed by atoms with Crippen LogP contribution in [-0.2, 0) is 11.4 Å². The highest BCUT2D eigenvalue weighted by atomic mass is 19.4. The van der Waals surface area contributed by atoms with E-state index in [-0.39, 0.29) is 31.3 Å². The number of pyridine rings is 1. The molecule has 1 atom stereocenters. The second-order valence-electron chi connectivity index (χ2n) is 9.47. The number of halogens is 4. The molecule has 1 amide bonds. The van der Waals surface area contributed by atoms with Crippen molar-refractivity contribution in [3.63, 3.8) is 0 Å². The van der Waals surface area contributed by atoms with Gasteiger partial charge in [0.05, 0.1) is 29.0 Å². The summed E-state index contributed by atoms with van der Waals surface area (Å²) in [4.78, 5) is 35.1. The summed E-state index contributed by atoms with van der Waals surface area (Å²) in [5.74, 6) is -0.578. The summed E-state index contributed by atoms with van der Waals surface area (Å²) in [6.45, 7) is 3.02. The number of piperazine rings is 1. The van der Waals surface area contributed by atoms with E-state index in [1.165, 1.54) is 23.4 Å². The Balaban J connectivity index is 1.27. The number of benzene rings is 1. The van der Waals surface area contributed by atoms with Crippen LogP contribution in [0.2, 0.25) is 0 Å². The van der Waals surface area contributed by atoms with Crippen LogP contribution in [0.25, 0.3) is 22.3 Å². The minimum atomic E-state index is -4.51. The number of nitrogens with one attached hydrogen (secondary N) is 2. The summed E-state index contributed by atoms with van der Waals surface area (Å²) in [5, 5.41) is 12.4. The second-order valence-corrected chi connectivity index (χ2v) is 9.47. The minimum Gasteiger partial charge on any atom is -0.390 e. The zero-order valence-electron chi connectivity index (χ0n) is 21.4. The first kappa shape index (κ1) is 27.4. The molecular formula is C26H26F4N8O2. The number of fused-ring (bicyclic) bond motifs is 1. The first-order valence-electron chi connectivity index (χ1n) is 12.5. The van der Waals surface area contributed by atoms with Crippen LogP contribution in [0.4, 0.5) is 29.3 Å². The molecule has 3 aromatic heterocycles. The molecule has 1 unspecified atom stereocenters. The minimum absolute atomic E-state index is 0.0765. The zero-order valence-corrected chi connectivity index (χ0v) is 21.4. The Labute approximate surface area is 226 Å². The van der Waals surface area contributed by atoms with Gasteiger partial charge in [-0.25, -0.2) is 24.3 Å². The Bertz CT molecular complexity index is 1520. The van der Waals surface area contributed by atoms with Crippen molar-refractivity contribution < 1.29 is 27.5 Å². The van der Waals surface area contributed by atoms with E-state index in [9.17, 15) is 27.5 Å². The first-order chi connectivity index (χ1) is 19.1. The van der Waals surface area contributed by atoms with Gasteiger partial charge in [-0.1, -0.05) is 0 Å². The van der Waals surface area contributed by atoms with Gasteiger partial charge in [0.25, 0.3) is 0 Å². The summed E-state index contributed by atoms with van der Waals surface area (Å²) in [6, 6.07) is 7.98. The third-order valence-corrected chi connectivity index (χ3v) is 6.81. The van der Waals surface area contributed by atoms with E-state index in [4.69, 9.17) is 0 Å². The molecule has 3 N–H and O–H groups in total. The lowest BCUT2D eigenvalue weighted by molar-refractivity contribution is -0.162. The average Bonchev–Trinajstić information content (AvgIpc) is 3.32. The van der Waals surface area contributed by atoms with Crippen molar-refractivity contribution in [3.8, 4) is 11.3 Å². The molecule has 4 heterocycles. The molecule has 1 aliphatic heterocycles. The Kier molecular flexibility index (Phi) is 7.63. The van der Waals surface area contributed by atoms with Crippen LogP contribution in [0.1, 0.15) is 30.6 Å². The summed E-state index contributed by atoms with van der Waals surface area (Å²) < 4.78 is 52.6. The summed E-state index contributed by atoms with van der Waals surface area (Å²) in [6.07, 6.45) is -3.07. The fourth-order valence-corrected chi connectivity index (χ4v) is 4.67. The van der Waals surface area contributed by atoms with Crippen molar-refractivity contribution in [2.45, 2.75) is 32.2 Å². The second kappa shape index (κ2) is 11.1. The standard InChI is InChI=1S/C26H26F4N8O2/c1-15(37-4-6-38(7-5-37)24(40)12-26(28,29)30)16-2-3-31-23(8-16)36-25-34-21-10-18(19(27)11-22(21)35-25)20-9-17(13-39)32-14-33-20/h2-3,8-11,14-15,39H,4-7,12-13H2,1H3,(H2,31,34,35,36). The van der Waals surface area contributed by atoms with Gasteiger partial charge in [-0.3, -0.25) is 9.69 Å². The number of alkyl halides is 3. The molecule has 0 saturated carbocycles. The van der Waals surface area contributed by atoms with Gasteiger partial charge in [-0.2, -0.15) is 13.2 Å². The van der Waals surface area contributed by atoms with Gasteiger partial charge in [0, 0.05) is 50.0 Å². The van der Waals surface area contributed by atoms with Gasteiger partial charge >= 0.3 is 6.18 Å². The van der Waals surface area contributed by atoms with Crippen LogP contribution in [0.3, 0.4) is 0 Å². The maximum Gasteiger partial charge on any atom is 0.397 e. The number of H-pyrrole nitrogens is 1. The predicted molar refractivity (Wildman–Crippen MR) is 138 cm³/mol. The number of hydrogen-bond acceptors (Lipinski definition) is 8. The normalized spacial score (nSPS) is 15.4. The number of carbonyl (C=O) groups excluding carboxylic acids is 1. The van der Waals surface area contributed by atoms with Gasteiger partial charge in [0.2, 0.25) is 11.9 Å². The predicted octanol–water partition coefficient (Wildman–Crippen LogP) is 3.95. The highest BCUT2D eigenvalue weighted by Gasteiger charge is 2.35. The van der Waals surface area contributed by atoms with Crippen molar-refractivity contribution in [2.75, 3.05) is 31.5 Å². The molecule has 0 spiro atoms. The van der Waals surface area contributed by atoms with Crippen molar-refractivity contribution in [1.29, 1.82) is 0 Å². The number of amides is 1. The van der Waals surface area contributed by atoms with Crippen molar-refractivity contribution in [3.05, 3.63) is 59.9 Å². The summed E-state index contributed by atoms with van der Waals surface area (Å²) >= 11 is 0. The summed E-state index contributed by atoms with van der Waals surface area (Å²) in [7, 11) is 0. The van der Waals surface area contributed by atoms with E-state index < -0.39 is 24.3 Å². The van der Waals surface area contributed by atoms with Crippen LogP contribution < -0.4 is 5.32 Å². The topological polar surface area (TPSA) is 123 Å². The Morgan fingerprint density at radius 2 is 1.90 bits per heavy atom. The van der Waals surface area contributed by atoms with Gasteiger partial charge < -0.3 is 20.3 Å². The number of nitrogens with zero attached hydrogens (tertiary/aromatic N) is 6. The fraction of sp³-hybridized carbons (Fsp3) is 0.346. The molecule has 0 bridgehead atoms. The third-order valence-electron chi connectivity index (χ3n) is 6.81. The molecule has 1 aromatic carbocycles. The fourth-order valence-electron chi connectivity index (χ4n) is 4.67. The van der Waals surface area contributed by atoms with Crippen molar-refractivity contribution >= 4 is 28.7 Å². The number of anilines is 2. The Hall–Kier alpha value is -4.17. The first-order valence-corrected chi connectivity index (χ1v) is 12.5. The maximum absolute atomic E-state index is 14.9. The molecular weight excluding hydrogens is 532 g/mol. The lowest BCUT2D eigenvalue weighted by Crippen LogP contribution is -2.50. The molecule has 4 aromatic rings. The monoisotopic (exact) mass is 558 g/mol. The Morgan fingerprint density at radius 3 is 2.62 bits per heavy atom. The van der Waals surface area contributed by atoms with E-state index in [1.807, 2.05) is 19.1 Å². The van der Waals surface area contributed by atoms with Crippen LogP contribution in [0, 0.1) is 5.82 Å². The number of aliphatic hydroxyl groups is 1. The van der Waals surface area contributed by atoms with E-state index >= 15 is 0 Å². The molecule has 10 nitrogen and oxygen atoms in total. The highest BCUT2D eigenvalue weighted by molar-refractivity contribution is 5.83. The third kappa shape index (κ3) is 6.18. The smallest absolute Gasteiger partial charge is 0.390 e. The lowest BCUT2D eigenvalue weighted by atomic mass is 10.1. The number of rotatable bonds is 7. The summed E-state index contributed by atoms with van der Waals surface area (Å²) in [5.41, 5.74) is 2.78. The van der Waals surface area contributed by atoms with Gasteiger partial charge in [-0.15, -0.1) is 0 Å².